The van der Waals surface area contributed by atoms with Gasteiger partial charge in [-0.25, -0.2) is 4.98 Å². The third-order valence-electron chi connectivity index (χ3n) is 4.15. The van der Waals surface area contributed by atoms with Crippen LogP contribution >= 0.6 is 11.3 Å². The number of nitrogens with zero attached hydrogens (tertiary/aromatic N) is 1. The van der Waals surface area contributed by atoms with E-state index in [2.05, 4.69) is 36.3 Å². The first-order chi connectivity index (χ1) is 12.5. The number of carbonyl (C=O) groups is 1. The average molecular weight is 366 g/mol. The van der Waals surface area contributed by atoms with Crippen LogP contribution in [0.5, 0.6) is 5.75 Å². The number of anilines is 1. The minimum atomic E-state index is -0.0575. The zero-order valence-electron chi connectivity index (χ0n) is 15.2. The van der Waals surface area contributed by atoms with Crippen LogP contribution in [0.3, 0.4) is 0 Å². The fraction of sp³-hybridized carbons (Fsp3) is 0.238. The van der Waals surface area contributed by atoms with Gasteiger partial charge in [-0.3, -0.25) is 4.79 Å². The zero-order valence-corrected chi connectivity index (χ0v) is 16.0. The maximum Gasteiger partial charge on any atom is 0.230 e. The Balaban J connectivity index is 1.61. The molecule has 26 heavy (non-hydrogen) atoms. The molecule has 134 valence electrons. The molecule has 0 spiro atoms. The van der Waals surface area contributed by atoms with Crippen LogP contribution in [0, 0.1) is 0 Å². The summed E-state index contributed by atoms with van der Waals surface area (Å²) in [7, 11) is 1.64. The molecule has 1 N–H and O–H groups in total. The van der Waals surface area contributed by atoms with Gasteiger partial charge in [-0.05, 0) is 41.3 Å². The normalized spacial score (nSPS) is 10.8. The summed E-state index contributed by atoms with van der Waals surface area (Å²) in [6.45, 7) is 4.31. The molecule has 3 aromatic rings. The molecule has 1 heterocycles. The number of rotatable bonds is 6. The van der Waals surface area contributed by atoms with Crippen LogP contribution in [0.2, 0.25) is 0 Å². The molecule has 0 aliphatic rings. The van der Waals surface area contributed by atoms with E-state index in [9.17, 15) is 4.79 Å². The molecule has 0 saturated carbocycles. The van der Waals surface area contributed by atoms with Gasteiger partial charge in [0.1, 0.15) is 5.75 Å². The first-order valence-electron chi connectivity index (χ1n) is 8.54. The van der Waals surface area contributed by atoms with Crippen LogP contribution in [0.4, 0.5) is 5.13 Å². The van der Waals surface area contributed by atoms with Gasteiger partial charge in [0.05, 0.1) is 19.2 Å². The number of benzene rings is 2. The van der Waals surface area contributed by atoms with Crippen molar-refractivity contribution in [3.8, 4) is 17.0 Å². The number of thiazole rings is 1. The molecule has 2 aromatic carbocycles. The quantitative estimate of drug-likeness (QED) is 0.658. The number of nitrogens with one attached hydrogen (secondary N) is 1. The van der Waals surface area contributed by atoms with Crippen molar-refractivity contribution >= 4 is 22.4 Å². The highest BCUT2D eigenvalue weighted by atomic mass is 32.1. The lowest BCUT2D eigenvalue weighted by Crippen LogP contribution is -2.14. The third kappa shape index (κ3) is 4.49. The molecule has 1 amide bonds. The van der Waals surface area contributed by atoms with Gasteiger partial charge in [0.25, 0.3) is 0 Å². The van der Waals surface area contributed by atoms with Gasteiger partial charge in [-0.15, -0.1) is 11.3 Å². The molecule has 4 nitrogen and oxygen atoms in total. The van der Waals surface area contributed by atoms with Crippen molar-refractivity contribution in [2.45, 2.75) is 26.2 Å². The van der Waals surface area contributed by atoms with Crippen molar-refractivity contribution in [1.82, 2.24) is 4.98 Å². The maximum atomic E-state index is 12.3. The highest BCUT2D eigenvalue weighted by molar-refractivity contribution is 7.14. The average Bonchev–Trinajstić information content (AvgIpc) is 3.10. The van der Waals surface area contributed by atoms with Crippen LogP contribution < -0.4 is 10.1 Å². The Morgan fingerprint density at radius 3 is 2.42 bits per heavy atom. The van der Waals surface area contributed by atoms with Gasteiger partial charge in [0.2, 0.25) is 5.91 Å². The summed E-state index contributed by atoms with van der Waals surface area (Å²) in [5.74, 6) is 1.24. The Bertz CT molecular complexity index is 868. The minimum Gasteiger partial charge on any atom is -0.497 e. The second-order valence-electron chi connectivity index (χ2n) is 6.39. The molecule has 5 heteroatoms. The Kier molecular flexibility index (Phi) is 5.68. The molecule has 0 bridgehead atoms. The van der Waals surface area contributed by atoms with Crippen molar-refractivity contribution in [3.63, 3.8) is 0 Å². The molecule has 0 fully saturated rings. The third-order valence-corrected chi connectivity index (χ3v) is 4.91. The number of ether oxygens (including phenoxy) is 1. The molecule has 0 atom stereocenters. The van der Waals surface area contributed by atoms with E-state index in [-0.39, 0.29) is 5.91 Å². The van der Waals surface area contributed by atoms with E-state index in [1.807, 2.05) is 41.8 Å². The number of hydrogen-bond donors (Lipinski definition) is 1. The van der Waals surface area contributed by atoms with Gasteiger partial charge in [0.15, 0.2) is 5.13 Å². The minimum absolute atomic E-state index is 0.0575. The summed E-state index contributed by atoms with van der Waals surface area (Å²) in [6.07, 6.45) is 0.343. The summed E-state index contributed by atoms with van der Waals surface area (Å²) in [5, 5.41) is 5.43. The molecule has 0 saturated heterocycles. The molecule has 3 rings (SSSR count). The summed E-state index contributed by atoms with van der Waals surface area (Å²) >= 11 is 1.43. The van der Waals surface area contributed by atoms with Crippen LogP contribution in [0.1, 0.15) is 30.9 Å². The lowest BCUT2D eigenvalue weighted by atomic mass is 10.0. The van der Waals surface area contributed by atoms with Gasteiger partial charge in [-0.2, -0.15) is 0 Å². The number of carbonyl (C=O) groups excluding carboxylic acids is 1. The molecule has 0 aliphatic carbocycles. The number of aromatic nitrogens is 1. The fourth-order valence-corrected chi connectivity index (χ4v) is 3.33. The highest BCUT2D eigenvalue weighted by Gasteiger charge is 2.09. The first kappa shape index (κ1) is 18.1. The Morgan fingerprint density at radius 2 is 1.81 bits per heavy atom. The topological polar surface area (TPSA) is 51.2 Å². The standard InChI is InChI=1S/C21H22N2O2S/c1-14(2)16-6-4-15(5-7-16)12-20(24)23-21-22-19(13-26-21)17-8-10-18(25-3)11-9-17/h4-11,13-14H,12H2,1-3H3,(H,22,23,24). The Morgan fingerprint density at radius 1 is 1.12 bits per heavy atom. The summed E-state index contributed by atoms with van der Waals surface area (Å²) in [4.78, 5) is 16.8. The molecule has 0 aliphatic heterocycles. The summed E-state index contributed by atoms with van der Waals surface area (Å²) < 4.78 is 5.16. The molecule has 0 radical (unpaired) electrons. The number of methoxy groups -OCH3 is 1. The van der Waals surface area contributed by atoms with Crippen molar-refractivity contribution in [3.05, 3.63) is 65.0 Å². The van der Waals surface area contributed by atoms with Crippen molar-refractivity contribution in [2.75, 3.05) is 12.4 Å². The highest BCUT2D eigenvalue weighted by Crippen LogP contribution is 2.26. The second-order valence-corrected chi connectivity index (χ2v) is 7.25. The van der Waals surface area contributed by atoms with E-state index < -0.39 is 0 Å². The monoisotopic (exact) mass is 366 g/mol. The lowest BCUT2D eigenvalue weighted by Gasteiger charge is -2.06. The number of hydrogen-bond acceptors (Lipinski definition) is 4. The van der Waals surface area contributed by atoms with E-state index in [0.717, 1.165) is 22.6 Å². The predicted molar refractivity (Wildman–Crippen MR) is 107 cm³/mol. The van der Waals surface area contributed by atoms with E-state index in [1.165, 1.54) is 16.9 Å². The van der Waals surface area contributed by atoms with E-state index in [4.69, 9.17) is 4.74 Å². The largest absolute Gasteiger partial charge is 0.497 e. The predicted octanol–water partition coefficient (Wildman–Crippen LogP) is 5.12. The van der Waals surface area contributed by atoms with Crippen molar-refractivity contribution < 1.29 is 9.53 Å². The Labute approximate surface area is 157 Å². The van der Waals surface area contributed by atoms with Gasteiger partial charge in [0, 0.05) is 10.9 Å². The van der Waals surface area contributed by atoms with Crippen molar-refractivity contribution in [1.29, 1.82) is 0 Å². The fourth-order valence-electron chi connectivity index (χ4n) is 2.59. The number of amides is 1. The van der Waals surface area contributed by atoms with Gasteiger partial charge >= 0.3 is 0 Å². The molecular weight excluding hydrogens is 344 g/mol. The van der Waals surface area contributed by atoms with Crippen molar-refractivity contribution in [2.24, 2.45) is 0 Å². The molecule has 1 aromatic heterocycles. The van der Waals surface area contributed by atoms with E-state index in [1.54, 1.807) is 7.11 Å². The zero-order chi connectivity index (χ0) is 18.5. The second kappa shape index (κ2) is 8.15. The smallest absolute Gasteiger partial charge is 0.230 e. The van der Waals surface area contributed by atoms with Gasteiger partial charge < -0.3 is 10.1 Å². The van der Waals surface area contributed by atoms with Crippen LogP contribution in [-0.2, 0) is 11.2 Å². The lowest BCUT2D eigenvalue weighted by molar-refractivity contribution is -0.115. The summed E-state index contributed by atoms with van der Waals surface area (Å²) in [5.41, 5.74) is 4.11. The van der Waals surface area contributed by atoms with Crippen LogP contribution in [-0.4, -0.2) is 18.0 Å². The first-order valence-corrected chi connectivity index (χ1v) is 9.42. The van der Waals surface area contributed by atoms with E-state index >= 15 is 0 Å². The molecular formula is C21H22N2O2S. The Hall–Kier alpha value is -2.66. The van der Waals surface area contributed by atoms with E-state index in [0.29, 0.717) is 17.5 Å². The van der Waals surface area contributed by atoms with Crippen LogP contribution in [0.25, 0.3) is 11.3 Å². The van der Waals surface area contributed by atoms with Crippen LogP contribution in [0.15, 0.2) is 53.9 Å². The molecule has 0 unspecified atom stereocenters. The van der Waals surface area contributed by atoms with Gasteiger partial charge in [-0.1, -0.05) is 38.1 Å². The summed E-state index contributed by atoms with van der Waals surface area (Å²) in [6, 6.07) is 15.9. The SMILES string of the molecule is COc1ccc(-c2csc(NC(=O)Cc3ccc(C(C)C)cc3)n2)cc1. The maximum absolute atomic E-state index is 12.3.